The first-order chi connectivity index (χ1) is 6.11. The summed E-state index contributed by atoms with van der Waals surface area (Å²) >= 11 is 0. The van der Waals surface area contributed by atoms with Crippen LogP contribution in [0.15, 0.2) is 0 Å². The molecule has 0 saturated heterocycles. The average Bonchev–Trinajstić information content (AvgIpc) is 2.05. The molecule has 0 aromatic heterocycles. The second kappa shape index (κ2) is 5.91. The minimum Gasteiger partial charge on any atom is -0.464 e. The van der Waals surface area contributed by atoms with E-state index in [0.717, 1.165) is 0 Å². The molecule has 1 unspecified atom stereocenters. The van der Waals surface area contributed by atoms with Crippen LogP contribution in [0.5, 0.6) is 0 Å². The molecule has 1 N–H and O–H groups in total. The third kappa shape index (κ3) is 4.71. The molecule has 0 aliphatic carbocycles. The van der Waals surface area contributed by atoms with Crippen molar-refractivity contribution >= 4 is 18.1 Å². The number of carbonyl (C=O) groups is 2. The number of esters is 1. The largest absolute Gasteiger partial charge is 0.464 e. The highest BCUT2D eigenvalue weighted by Crippen LogP contribution is 1.86. The normalized spacial score (nSPS) is 10.9. The monoisotopic (exact) mass is 185 g/mol. The Labute approximate surface area is 75.5 Å². The average molecular weight is 185 g/mol. The lowest BCUT2D eigenvalue weighted by molar-refractivity contribution is -0.146. The van der Waals surface area contributed by atoms with Crippen molar-refractivity contribution < 1.29 is 19.1 Å². The Hall–Kier alpha value is -1.68. The molecule has 0 spiro atoms. The van der Waals surface area contributed by atoms with E-state index in [1.807, 2.05) is 0 Å². The molecule has 0 bridgehead atoms. The summed E-state index contributed by atoms with van der Waals surface area (Å²) in [6.45, 7) is 3.40. The molecule has 1 atom stereocenters. The Morgan fingerprint density at radius 3 is 2.77 bits per heavy atom. The SMILES string of the molecule is CCOC(=O)C(C)NC(=O)C=[N+]=[N-]. The van der Waals surface area contributed by atoms with Gasteiger partial charge in [0.1, 0.15) is 6.04 Å². The maximum absolute atomic E-state index is 10.9. The molecule has 0 fully saturated rings. The maximum Gasteiger partial charge on any atom is 0.344 e. The highest BCUT2D eigenvalue weighted by atomic mass is 16.5. The molecule has 0 saturated carbocycles. The Kier molecular flexibility index (Phi) is 5.14. The smallest absolute Gasteiger partial charge is 0.344 e. The van der Waals surface area contributed by atoms with E-state index < -0.39 is 17.9 Å². The fourth-order valence-electron chi connectivity index (χ4n) is 0.629. The molecule has 72 valence electrons. The summed E-state index contributed by atoms with van der Waals surface area (Å²) in [6.07, 6.45) is 0.662. The molecule has 1 amide bonds. The van der Waals surface area contributed by atoms with Gasteiger partial charge in [0, 0.05) is 0 Å². The van der Waals surface area contributed by atoms with Crippen molar-refractivity contribution in [2.45, 2.75) is 19.9 Å². The highest BCUT2D eigenvalue weighted by molar-refractivity contribution is 6.24. The van der Waals surface area contributed by atoms with Crippen molar-refractivity contribution in [3.63, 3.8) is 0 Å². The van der Waals surface area contributed by atoms with Gasteiger partial charge in [0.25, 0.3) is 0 Å². The first-order valence-electron chi connectivity index (χ1n) is 3.76. The van der Waals surface area contributed by atoms with Crippen molar-refractivity contribution in [1.82, 2.24) is 5.32 Å². The first kappa shape index (κ1) is 11.3. The molecule has 0 radical (unpaired) electrons. The van der Waals surface area contributed by atoms with Crippen LogP contribution in [0.25, 0.3) is 5.53 Å². The van der Waals surface area contributed by atoms with Crippen LogP contribution in [0.1, 0.15) is 13.8 Å². The Morgan fingerprint density at radius 2 is 2.31 bits per heavy atom. The minimum atomic E-state index is -0.745. The van der Waals surface area contributed by atoms with Crippen molar-refractivity contribution in [1.29, 1.82) is 0 Å². The number of nitrogens with one attached hydrogen (secondary N) is 1. The zero-order valence-electron chi connectivity index (χ0n) is 7.48. The number of rotatable bonds is 4. The van der Waals surface area contributed by atoms with E-state index in [0.29, 0.717) is 6.21 Å². The van der Waals surface area contributed by atoms with Crippen LogP contribution in [0.4, 0.5) is 0 Å². The second-order valence-electron chi connectivity index (χ2n) is 2.23. The van der Waals surface area contributed by atoms with Crippen molar-refractivity contribution in [3.05, 3.63) is 5.53 Å². The van der Waals surface area contributed by atoms with Gasteiger partial charge in [0.15, 0.2) is 0 Å². The zero-order chi connectivity index (χ0) is 10.3. The van der Waals surface area contributed by atoms with Crippen LogP contribution in [-0.2, 0) is 14.3 Å². The summed E-state index contributed by atoms with van der Waals surface area (Å²) < 4.78 is 4.62. The van der Waals surface area contributed by atoms with E-state index in [1.54, 1.807) is 6.92 Å². The van der Waals surface area contributed by atoms with Gasteiger partial charge in [-0.25, -0.2) is 4.79 Å². The molecule has 6 heteroatoms. The topological polar surface area (TPSA) is 91.8 Å². The molecule has 6 nitrogen and oxygen atoms in total. The molecule has 0 aliphatic rings. The van der Waals surface area contributed by atoms with Crippen molar-refractivity contribution in [2.75, 3.05) is 6.61 Å². The van der Waals surface area contributed by atoms with E-state index >= 15 is 0 Å². The number of ether oxygens (including phenoxy) is 1. The Bertz CT molecular complexity index is 245. The highest BCUT2D eigenvalue weighted by Gasteiger charge is 2.16. The van der Waals surface area contributed by atoms with Crippen LogP contribution in [0.2, 0.25) is 0 Å². The Morgan fingerprint density at radius 1 is 1.69 bits per heavy atom. The van der Waals surface area contributed by atoms with Gasteiger partial charge >= 0.3 is 18.1 Å². The zero-order valence-corrected chi connectivity index (χ0v) is 7.48. The van der Waals surface area contributed by atoms with E-state index in [2.05, 4.69) is 14.8 Å². The van der Waals surface area contributed by atoms with Crippen LogP contribution in [-0.4, -0.2) is 35.5 Å². The number of nitrogens with zero attached hydrogens (tertiary/aromatic N) is 2. The van der Waals surface area contributed by atoms with Crippen LogP contribution < -0.4 is 5.32 Å². The van der Waals surface area contributed by atoms with Crippen molar-refractivity contribution in [2.24, 2.45) is 0 Å². The summed E-state index contributed by atoms with van der Waals surface area (Å²) in [5, 5.41) is 2.24. The number of amides is 1. The summed E-state index contributed by atoms with van der Waals surface area (Å²) in [5.41, 5.74) is 7.98. The predicted molar refractivity (Wildman–Crippen MR) is 43.9 cm³/mol. The molecule has 13 heavy (non-hydrogen) atoms. The number of hydrogen-bond acceptors (Lipinski definition) is 3. The maximum atomic E-state index is 10.9. The van der Waals surface area contributed by atoms with E-state index in [1.165, 1.54) is 6.92 Å². The third-order valence-electron chi connectivity index (χ3n) is 1.17. The molecular formula is C7H11N3O3. The lowest BCUT2D eigenvalue weighted by atomic mass is 10.3. The summed E-state index contributed by atoms with van der Waals surface area (Å²) in [5.74, 6) is -1.18. The van der Waals surface area contributed by atoms with E-state index in [-0.39, 0.29) is 6.61 Å². The minimum absolute atomic E-state index is 0.257. The second-order valence-corrected chi connectivity index (χ2v) is 2.23. The van der Waals surface area contributed by atoms with E-state index in [9.17, 15) is 9.59 Å². The fourth-order valence-corrected chi connectivity index (χ4v) is 0.629. The quantitative estimate of drug-likeness (QED) is 0.273. The molecule has 0 aromatic carbocycles. The van der Waals surface area contributed by atoms with Gasteiger partial charge in [0.05, 0.1) is 6.61 Å². The third-order valence-corrected chi connectivity index (χ3v) is 1.17. The van der Waals surface area contributed by atoms with Gasteiger partial charge in [-0.05, 0) is 13.8 Å². The summed E-state index contributed by atoms with van der Waals surface area (Å²) in [6, 6.07) is -0.745. The Balaban J connectivity index is 3.99. The van der Waals surface area contributed by atoms with Crippen molar-refractivity contribution in [3.8, 4) is 0 Å². The standard InChI is InChI=1S/C7H11N3O3/c1-3-13-7(12)5(2)10-6(11)4-9-8/h4-5H,3H2,1-2H3,(H,10,11). The van der Waals surface area contributed by atoms with Gasteiger partial charge in [-0.2, -0.15) is 4.79 Å². The first-order valence-corrected chi connectivity index (χ1v) is 3.76. The predicted octanol–water partition coefficient (Wildman–Crippen LogP) is -0.645. The number of carbonyl (C=O) groups excluding carboxylic acids is 2. The molecule has 0 aliphatic heterocycles. The molecule has 0 aromatic rings. The fraction of sp³-hybridized carbons (Fsp3) is 0.571. The van der Waals surface area contributed by atoms with Crippen LogP contribution in [0, 0.1) is 0 Å². The summed E-state index contributed by atoms with van der Waals surface area (Å²) in [4.78, 5) is 24.2. The van der Waals surface area contributed by atoms with Gasteiger partial charge in [-0.15, -0.1) is 0 Å². The van der Waals surface area contributed by atoms with Crippen LogP contribution in [0.3, 0.4) is 0 Å². The number of hydrogen-bond donors (Lipinski definition) is 1. The molecular weight excluding hydrogens is 174 g/mol. The van der Waals surface area contributed by atoms with Gasteiger partial charge in [-0.3, -0.25) is 4.79 Å². The lowest BCUT2D eigenvalue weighted by Crippen LogP contribution is -2.40. The molecule has 0 rings (SSSR count). The van der Waals surface area contributed by atoms with Gasteiger partial charge in [0.2, 0.25) is 0 Å². The molecule has 0 heterocycles. The van der Waals surface area contributed by atoms with Crippen LogP contribution >= 0.6 is 0 Å². The van der Waals surface area contributed by atoms with E-state index in [4.69, 9.17) is 5.53 Å². The summed E-state index contributed by atoms with van der Waals surface area (Å²) in [7, 11) is 0. The van der Waals surface area contributed by atoms with Gasteiger partial charge in [-0.1, -0.05) is 0 Å². The van der Waals surface area contributed by atoms with Gasteiger partial charge < -0.3 is 15.6 Å². The lowest BCUT2D eigenvalue weighted by Gasteiger charge is -2.08.